The van der Waals surface area contributed by atoms with E-state index in [0.29, 0.717) is 26.2 Å². The summed E-state index contributed by atoms with van der Waals surface area (Å²) >= 11 is 0. The smallest absolute Gasteiger partial charge is 0.305 e. The van der Waals surface area contributed by atoms with Crippen molar-refractivity contribution in [1.82, 2.24) is 0 Å². The number of halogens is 1. The number of allylic oxidation sites excluding steroid dienone is 2. The molecule has 180 valence electrons. The fourth-order valence-electron chi connectivity index (χ4n) is 3.07. The Bertz CT molecular complexity index is 394. The first-order valence-electron chi connectivity index (χ1n) is 12.1. The molecule has 0 aliphatic heterocycles. The van der Waals surface area contributed by atoms with Crippen molar-refractivity contribution in [3.63, 3.8) is 0 Å². The number of unbranched alkanes of at least 4 members (excludes halogenated alkanes) is 11. The van der Waals surface area contributed by atoms with Crippen LogP contribution < -0.4 is 12.4 Å². The number of carbonyl (C=O) groups excluding carboxylic acids is 1. The lowest BCUT2D eigenvalue weighted by Crippen LogP contribution is -3.00. The van der Waals surface area contributed by atoms with E-state index in [9.17, 15) is 4.79 Å². The second-order valence-corrected chi connectivity index (χ2v) is 9.18. The lowest BCUT2D eigenvalue weighted by atomic mass is 10.1. The number of nitrogens with zero attached hydrogens (tertiary/aromatic N) is 1. The Morgan fingerprint density at radius 1 is 0.733 bits per heavy atom. The molecule has 0 radical (unpaired) electrons. The maximum Gasteiger partial charge on any atom is 0.305 e. The molecule has 0 spiro atoms. The van der Waals surface area contributed by atoms with Gasteiger partial charge in [0.1, 0.15) is 13.2 Å². The van der Waals surface area contributed by atoms with Gasteiger partial charge in [0.2, 0.25) is 0 Å². The van der Waals surface area contributed by atoms with Crippen LogP contribution in [0.1, 0.15) is 96.8 Å². The lowest BCUT2D eigenvalue weighted by molar-refractivity contribution is -0.870. The van der Waals surface area contributed by atoms with E-state index in [1.54, 1.807) is 0 Å². The fourth-order valence-corrected chi connectivity index (χ4v) is 3.07. The number of quaternary nitrogens is 1. The van der Waals surface area contributed by atoms with Gasteiger partial charge in [0.25, 0.3) is 0 Å². The molecule has 0 aromatic heterocycles. The van der Waals surface area contributed by atoms with E-state index in [0.717, 1.165) is 23.9 Å². The third-order valence-corrected chi connectivity index (χ3v) is 5.04. The highest BCUT2D eigenvalue weighted by molar-refractivity contribution is 5.69. The molecular weight excluding hydrogens is 398 g/mol. The van der Waals surface area contributed by atoms with Crippen LogP contribution in [-0.4, -0.2) is 58.0 Å². The van der Waals surface area contributed by atoms with Crippen LogP contribution in [0, 0.1) is 0 Å². The SMILES string of the molecule is CCCCCCCC/C=C\CCCCCCCC(=O)OCCOCC[N+](C)(C)C.[Cl-]. The molecular formula is C25H50ClNO3. The zero-order chi connectivity index (χ0) is 21.6. The number of esters is 1. The highest BCUT2D eigenvalue weighted by Crippen LogP contribution is 2.10. The molecule has 0 fully saturated rings. The standard InChI is InChI=1S/C25H50NO3.ClH/c1-5-6-7-8-9-10-11-12-13-14-15-16-17-18-19-20-25(27)29-24-23-28-22-21-26(2,3)4;/h12-13H,5-11,14-24H2,1-4H3;1H/q+1;/p-1/b13-12-;. The van der Waals surface area contributed by atoms with Gasteiger partial charge in [0.05, 0.1) is 34.4 Å². The van der Waals surface area contributed by atoms with E-state index in [2.05, 4.69) is 40.2 Å². The van der Waals surface area contributed by atoms with Gasteiger partial charge in [0, 0.05) is 6.42 Å². The summed E-state index contributed by atoms with van der Waals surface area (Å²) in [5, 5.41) is 0. The van der Waals surface area contributed by atoms with E-state index < -0.39 is 0 Å². The van der Waals surface area contributed by atoms with Crippen LogP contribution in [0.25, 0.3) is 0 Å². The maximum absolute atomic E-state index is 11.7. The molecule has 0 aliphatic rings. The van der Waals surface area contributed by atoms with Crippen LogP contribution >= 0.6 is 0 Å². The van der Waals surface area contributed by atoms with E-state index >= 15 is 0 Å². The van der Waals surface area contributed by atoms with Crippen molar-refractivity contribution in [2.45, 2.75) is 96.8 Å². The molecule has 0 bridgehead atoms. The number of carbonyl (C=O) groups is 1. The van der Waals surface area contributed by atoms with Gasteiger partial charge in [-0.15, -0.1) is 0 Å². The summed E-state index contributed by atoms with van der Waals surface area (Å²) in [6.07, 6.45) is 21.8. The Kier molecular flexibility index (Phi) is 24.3. The number of ether oxygens (including phenoxy) is 2. The number of likely N-dealkylation sites (N-methyl/N-ethyl adjacent to an activating group) is 1. The van der Waals surface area contributed by atoms with Crippen LogP contribution in [0.3, 0.4) is 0 Å². The Hall–Kier alpha value is -0.580. The first-order chi connectivity index (χ1) is 14.0. The van der Waals surface area contributed by atoms with Gasteiger partial charge >= 0.3 is 5.97 Å². The molecule has 0 amide bonds. The molecule has 0 atom stereocenters. The van der Waals surface area contributed by atoms with Gasteiger partial charge < -0.3 is 26.4 Å². The monoisotopic (exact) mass is 447 g/mol. The summed E-state index contributed by atoms with van der Waals surface area (Å²) in [6.45, 7) is 4.81. The molecule has 0 rings (SSSR count). The molecule has 0 saturated carbocycles. The third kappa shape index (κ3) is 27.4. The van der Waals surface area contributed by atoms with Crippen molar-refractivity contribution in [1.29, 1.82) is 0 Å². The third-order valence-electron chi connectivity index (χ3n) is 5.04. The molecule has 5 heteroatoms. The van der Waals surface area contributed by atoms with Crippen LogP contribution in [-0.2, 0) is 14.3 Å². The molecule has 0 aromatic carbocycles. The molecule has 0 unspecified atom stereocenters. The van der Waals surface area contributed by atoms with Crippen molar-refractivity contribution in [3.05, 3.63) is 12.2 Å². The van der Waals surface area contributed by atoms with Crippen molar-refractivity contribution in [2.75, 3.05) is 47.5 Å². The average Bonchev–Trinajstić information content (AvgIpc) is 2.66. The summed E-state index contributed by atoms with van der Waals surface area (Å²) in [7, 11) is 6.41. The van der Waals surface area contributed by atoms with Crippen LogP contribution in [0.2, 0.25) is 0 Å². The zero-order valence-corrected chi connectivity index (χ0v) is 21.2. The summed E-state index contributed by atoms with van der Waals surface area (Å²) in [5.74, 6) is -0.0853. The van der Waals surface area contributed by atoms with E-state index in [-0.39, 0.29) is 18.4 Å². The van der Waals surface area contributed by atoms with E-state index in [1.807, 2.05) is 0 Å². The van der Waals surface area contributed by atoms with Crippen molar-refractivity contribution in [2.24, 2.45) is 0 Å². The number of hydrogen-bond donors (Lipinski definition) is 0. The first-order valence-corrected chi connectivity index (χ1v) is 12.1. The van der Waals surface area contributed by atoms with Crippen molar-refractivity contribution < 1.29 is 31.2 Å². The minimum Gasteiger partial charge on any atom is -1.00 e. The minimum absolute atomic E-state index is 0. The molecule has 0 heterocycles. The van der Waals surface area contributed by atoms with Crippen LogP contribution in [0.4, 0.5) is 0 Å². The zero-order valence-electron chi connectivity index (χ0n) is 20.4. The van der Waals surface area contributed by atoms with Crippen molar-refractivity contribution >= 4 is 5.97 Å². The van der Waals surface area contributed by atoms with Gasteiger partial charge in [-0.3, -0.25) is 4.79 Å². The first kappa shape index (κ1) is 31.6. The molecule has 0 aromatic rings. The van der Waals surface area contributed by atoms with E-state index in [1.165, 1.54) is 70.6 Å². The van der Waals surface area contributed by atoms with Gasteiger partial charge in [-0.05, 0) is 32.1 Å². The van der Waals surface area contributed by atoms with Gasteiger partial charge in [0.15, 0.2) is 0 Å². The minimum atomic E-state index is -0.0853. The Labute approximate surface area is 193 Å². The highest BCUT2D eigenvalue weighted by Gasteiger charge is 2.06. The number of hydrogen-bond acceptors (Lipinski definition) is 3. The second-order valence-electron chi connectivity index (χ2n) is 9.18. The van der Waals surface area contributed by atoms with Gasteiger partial charge in [-0.2, -0.15) is 0 Å². The largest absolute Gasteiger partial charge is 1.00 e. The Balaban J connectivity index is 0. The lowest BCUT2D eigenvalue weighted by Gasteiger charge is -2.23. The predicted octanol–water partition coefficient (Wildman–Crippen LogP) is 3.29. The maximum atomic E-state index is 11.7. The Morgan fingerprint density at radius 2 is 1.27 bits per heavy atom. The average molecular weight is 448 g/mol. The summed E-state index contributed by atoms with van der Waals surface area (Å²) in [4.78, 5) is 11.7. The summed E-state index contributed by atoms with van der Waals surface area (Å²) in [5.41, 5.74) is 0. The van der Waals surface area contributed by atoms with Gasteiger partial charge in [-0.1, -0.05) is 70.4 Å². The normalized spacial score (nSPS) is 11.6. The number of rotatable bonds is 21. The highest BCUT2D eigenvalue weighted by atomic mass is 35.5. The fraction of sp³-hybridized carbons (Fsp3) is 0.880. The van der Waals surface area contributed by atoms with E-state index in [4.69, 9.17) is 9.47 Å². The quantitative estimate of drug-likeness (QED) is 0.117. The molecule has 0 saturated heterocycles. The Morgan fingerprint density at radius 3 is 1.83 bits per heavy atom. The topological polar surface area (TPSA) is 35.5 Å². The molecule has 0 N–H and O–H groups in total. The van der Waals surface area contributed by atoms with Crippen molar-refractivity contribution in [3.8, 4) is 0 Å². The molecule has 0 aliphatic carbocycles. The van der Waals surface area contributed by atoms with Gasteiger partial charge in [-0.25, -0.2) is 0 Å². The summed E-state index contributed by atoms with van der Waals surface area (Å²) < 4.78 is 11.6. The predicted molar refractivity (Wildman–Crippen MR) is 124 cm³/mol. The molecule has 4 nitrogen and oxygen atoms in total. The van der Waals surface area contributed by atoms with Crippen LogP contribution in [0.15, 0.2) is 12.2 Å². The summed E-state index contributed by atoms with van der Waals surface area (Å²) in [6, 6.07) is 0. The molecule has 30 heavy (non-hydrogen) atoms. The second kappa shape index (κ2) is 23.1. The van der Waals surface area contributed by atoms with Crippen LogP contribution in [0.5, 0.6) is 0 Å².